The SMILES string of the molecule is CCC/C=C/CC/C=C/C(O)C(COC1OC(CO)C(O)C(OS(=O)(=O)O)C1O)NC(=O)C(O)CCCCCC/C=C\CCCCCCCCC. The van der Waals surface area contributed by atoms with Gasteiger partial charge in [-0.05, 0) is 51.4 Å². The van der Waals surface area contributed by atoms with Gasteiger partial charge in [0.15, 0.2) is 6.29 Å². The summed E-state index contributed by atoms with van der Waals surface area (Å²) < 4.78 is 47.1. The van der Waals surface area contributed by atoms with Crippen LogP contribution >= 0.6 is 0 Å². The van der Waals surface area contributed by atoms with E-state index in [9.17, 15) is 38.7 Å². The van der Waals surface area contributed by atoms with Gasteiger partial charge in [-0.1, -0.05) is 115 Å². The number of hydrogen-bond acceptors (Lipinski definition) is 11. The topological polar surface area (TPSA) is 212 Å². The van der Waals surface area contributed by atoms with Gasteiger partial charge in [0.25, 0.3) is 0 Å². The van der Waals surface area contributed by atoms with Crippen molar-refractivity contribution < 1.29 is 57.0 Å². The molecule has 13 nitrogen and oxygen atoms in total. The normalized spacial score (nSPS) is 23.3. The molecule has 1 aliphatic heterocycles. The number of carbonyl (C=O) groups is 1. The summed E-state index contributed by atoms with van der Waals surface area (Å²) in [6.07, 6.45) is 18.6. The third-order valence-electron chi connectivity index (χ3n) is 8.73. The highest BCUT2D eigenvalue weighted by Crippen LogP contribution is 2.26. The number of amides is 1. The molecule has 0 spiro atoms. The van der Waals surface area contributed by atoms with Crippen molar-refractivity contribution in [2.45, 2.75) is 178 Å². The highest BCUT2D eigenvalue weighted by atomic mass is 32.3. The summed E-state index contributed by atoms with van der Waals surface area (Å²) >= 11 is 0. The molecule has 8 atom stereocenters. The number of aliphatic hydroxyl groups is 5. The average molecular weight is 750 g/mol. The van der Waals surface area contributed by atoms with Gasteiger partial charge in [-0.3, -0.25) is 9.35 Å². The van der Waals surface area contributed by atoms with E-state index in [0.717, 1.165) is 51.4 Å². The van der Waals surface area contributed by atoms with E-state index >= 15 is 0 Å². The molecule has 1 aliphatic rings. The van der Waals surface area contributed by atoms with Gasteiger partial charge in [-0.2, -0.15) is 8.42 Å². The molecule has 1 amide bonds. The van der Waals surface area contributed by atoms with Crippen LogP contribution in [-0.2, 0) is 28.9 Å². The van der Waals surface area contributed by atoms with Crippen molar-refractivity contribution in [2.24, 2.45) is 0 Å². The van der Waals surface area contributed by atoms with Crippen LogP contribution in [0.2, 0.25) is 0 Å². The van der Waals surface area contributed by atoms with E-state index in [-0.39, 0.29) is 6.42 Å². The summed E-state index contributed by atoms with van der Waals surface area (Å²) in [4.78, 5) is 12.9. The number of nitrogens with one attached hydrogen (secondary N) is 1. The van der Waals surface area contributed by atoms with Crippen molar-refractivity contribution in [3.63, 3.8) is 0 Å². The van der Waals surface area contributed by atoms with Gasteiger partial charge < -0.3 is 40.3 Å². The van der Waals surface area contributed by atoms with Gasteiger partial charge in [-0.25, -0.2) is 4.18 Å². The van der Waals surface area contributed by atoms with E-state index in [1.54, 1.807) is 6.08 Å². The van der Waals surface area contributed by atoms with E-state index in [4.69, 9.17) is 14.0 Å². The first-order valence-corrected chi connectivity index (χ1v) is 20.3. The van der Waals surface area contributed by atoms with Crippen molar-refractivity contribution in [3.05, 3.63) is 36.5 Å². The summed E-state index contributed by atoms with van der Waals surface area (Å²) in [6, 6.07) is -1.14. The van der Waals surface area contributed by atoms with E-state index in [2.05, 4.69) is 41.6 Å². The Bertz CT molecular complexity index is 1090. The van der Waals surface area contributed by atoms with E-state index in [1.165, 1.54) is 51.0 Å². The van der Waals surface area contributed by atoms with Gasteiger partial charge in [0.1, 0.15) is 30.5 Å². The fraction of sp³-hybridized carbons (Fsp3) is 0.811. The zero-order chi connectivity index (χ0) is 37.9. The lowest BCUT2D eigenvalue weighted by molar-refractivity contribution is -0.298. The summed E-state index contributed by atoms with van der Waals surface area (Å²) in [5, 5.41) is 54.6. The fourth-order valence-corrected chi connectivity index (χ4v) is 6.16. The Hall–Kier alpha value is -1.72. The first-order chi connectivity index (χ1) is 24.4. The second-order valence-corrected chi connectivity index (χ2v) is 14.3. The lowest BCUT2D eigenvalue weighted by atomic mass is 9.99. The summed E-state index contributed by atoms with van der Waals surface area (Å²) in [6.45, 7) is 3.02. The second kappa shape index (κ2) is 28.7. The third-order valence-corrected chi connectivity index (χ3v) is 9.20. The minimum absolute atomic E-state index is 0.221. The first kappa shape index (κ1) is 47.3. The maximum Gasteiger partial charge on any atom is 0.397 e. The molecule has 8 unspecified atom stereocenters. The first-order valence-electron chi connectivity index (χ1n) is 19.0. The van der Waals surface area contributed by atoms with Crippen molar-refractivity contribution in [1.29, 1.82) is 0 Å². The molecule has 0 saturated carbocycles. The maximum atomic E-state index is 12.9. The molecule has 298 valence electrons. The van der Waals surface area contributed by atoms with Crippen LogP contribution in [0.1, 0.15) is 129 Å². The van der Waals surface area contributed by atoms with Gasteiger partial charge in [-0.15, -0.1) is 0 Å². The molecule has 0 radical (unpaired) electrons. The Labute approximate surface area is 306 Å². The molecule has 1 fully saturated rings. The Kier molecular flexibility index (Phi) is 26.7. The van der Waals surface area contributed by atoms with Gasteiger partial charge in [0.05, 0.1) is 25.4 Å². The van der Waals surface area contributed by atoms with E-state index < -0.39 is 78.5 Å². The summed E-state index contributed by atoms with van der Waals surface area (Å²) in [5.41, 5.74) is 0. The Morgan fingerprint density at radius 3 is 1.96 bits per heavy atom. The van der Waals surface area contributed by atoms with Crippen LogP contribution in [-0.4, -0.2) is 107 Å². The lowest BCUT2D eigenvalue weighted by Crippen LogP contribution is -2.61. The molecule has 1 heterocycles. The number of rotatable bonds is 30. The monoisotopic (exact) mass is 749 g/mol. The largest absolute Gasteiger partial charge is 0.397 e. The molecule has 1 rings (SSSR count). The Morgan fingerprint density at radius 1 is 0.784 bits per heavy atom. The average Bonchev–Trinajstić information content (AvgIpc) is 3.09. The summed E-state index contributed by atoms with van der Waals surface area (Å²) in [5.74, 6) is -0.729. The number of aliphatic hydroxyl groups excluding tert-OH is 5. The standard InChI is InChI=1S/C37H67NO12S/c1-3-5-7-9-11-12-13-14-15-16-17-18-20-22-24-26-31(41)36(44)38-29(30(40)25-23-21-19-10-8-6-4-2)28-48-37-34(43)35(50-51(45,46)47)33(42)32(27-39)49-37/h8,10,15-16,23,25,29-35,37,39-43H,3-7,9,11-14,17-22,24,26-28H2,1-2H3,(H,38,44)(H,45,46,47)/b10-8+,16-15-,25-23+. The molecular weight excluding hydrogens is 682 g/mol. The van der Waals surface area contributed by atoms with Gasteiger partial charge in [0.2, 0.25) is 5.91 Å². The van der Waals surface area contributed by atoms with Crippen LogP contribution in [0.4, 0.5) is 0 Å². The number of unbranched alkanes of at least 4 members (excludes halogenated alkanes) is 13. The fourth-order valence-electron chi connectivity index (χ4n) is 5.65. The van der Waals surface area contributed by atoms with E-state index in [0.29, 0.717) is 12.8 Å². The minimum atomic E-state index is -5.11. The molecule has 0 aromatic carbocycles. The molecule has 1 saturated heterocycles. The molecule has 51 heavy (non-hydrogen) atoms. The van der Waals surface area contributed by atoms with Gasteiger partial charge in [0, 0.05) is 0 Å². The number of ether oxygens (including phenoxy) is 2. The number of carbonyl (C=O) groups excluding carboxylic acids is 1. The molecule has 14 heteroatoms. The van der Waals surface area contributed by atoms with Crippen molar-refractivity contribution in [3.8, 4) is 0 Å². The van der Waals surface area contributed by atoms with Crippen molar-refractivity contribution in [2.75, 3.05) is 13.2 Å². The smallest absolute Gasteiger partial charge is 0.394 e. The van der Waals surface area contributed by atoms with Crippen LogP contribution in [0.5, 0.6) is 0 Å². The molecule has 7 N–H and O–H groups in total. The van der Waals surface area contributed by atoms with Crippen LogP contribution in [0.25, 0.3) is 0 Å². The van der Waals surface area contributed by atoms with Crippen LogP contribution < -0.4 is 5.32 Å². The summed E-state index contributed by atoms with van der Waals surface area (Å²) in [7, 11) is -5.11. The van der Waals surface area contributed by atoms with Gasteiger partial charge >= 0.3 is 10.4 Å². The highest BCUT2D eigenvalue weighted by molar-refractivity contribution is 7.80. The number of hydrogen-bond donors (Lipinski definition) is 7. The van der Waals surface area contributed by atoms with Crippen molar-refractivity contribution >= 4 is 16.3 Å². The maximum absolute atomic E-state index is 12.9. The molecule has 0 aliphatic carbocycles. The Balaban J connectivity index is 2.65. The minimum Gasteiger partial charge on any atom is -0.394 e. The second-order valence-electron chi connectivity index (χ2n) is 13.3. The lowest BCUT2D eigenvalue weighted by Gasteiger charge is -2.41. The van der Waals surface area contributed by atoms with Crippen LogP contribution in [0.3, 0.4) is 0 Å². The number of allylic oxidation sites excluding steroid dienone is 5. The predicted molar refractivity (Wildman–Crippen MR) is 196 cm³/mol. The third kappa shape index (κ3) is 22.2. The molecule has 0 aromatic heterocycles. The van der Waals surface area contributed by atoms with E-state index in [1.807, 2.05) is 6.08 Å². The predicted octanol–water partition coefficient (Wildman–Crippen LogP) is 4.57. The highest BCUT2D eigenvalue weighted by Gasteiger charge is 2.48. The zero-order valence-corrected chi connectivity index (χ0v) is 31.6. The molecule has 0 bridgehead atoms. The molecule has 0 aromatic rings. The van der Waals surface area contributed by atoms with Crippen molar-refractivity contribution in [1.82, 2.24) is 5.32 Å². The quantitative estimate of drug-likeness (QED) is 0.0306. The molecular formula is C37H67NO12S. The zero-order valence-electron chi connectivity index (χ0n) is 30.8. The van der Waals surface area contributed by atoms with Crippen LogP contribution in [0.15, 0.2) is 36.5 Å². The van der Waals surface area contributed by atoms with Crippen LogP contribution in [0, 0.1) is 0 Å². The Morgan fingerprint density at radius 2 is 1.35 bits per heavy atom.